The fraction of sp³-hybridized carbons (Fsp3) is 1.00. The van der Waals surface area contributed by atoms with E-state index in [9.17, 15) is 0 Å². The van der Waals surface area contributed by atoms with E-state index in [0.717, 1.165) is 0 Å². The fourth-order valence-electron chi connectivity index (χ4n) is 0.637. The molecular weight excluding hydrogens is 227 g/mol. The van der Waals surface area contributed by atoms with Crippen molar-refractivity contribution in [2.45, 2.75) is 20.3 Å². The number of aliphatic hydroxyl groups excluding tert-OH is 1. The summed E-state index contributed by atoms with van der Waals surface area (Å²) in [6.45, 7) is 4.62. The summed E-state index contributed by atoms with van der Waals surface area (Å²) in [5.74, 6) is 1.15. The van der Waals surface area contributed by atoms with Crippen molar-refractivity contribution in [2.24, 2.45) is 11.8 Å². The van der Waals surface area contributed by atoms with Crippen molar-refractivity contribution < 1.29 is 5.11 Å². The second-order valence-electron chi connectivity index (χ2n) is 2.61. The Kier molecular flexibility index (Phi) is 5.89. The summed E-state index contributed by atoms with van der Waals surface area (Å²) in [7, 11) is 0. The third-order valence-corrected chi connectivity index (χ3v) is 2.45. The third kappa shape index (κ3) is 4.14. The van der Waals surface area contributed by atoms with E-state index in [2.05, 4.69) is 36.4 Å². The molecule has 2 unspecified atom stereocenters. The standard InChI is InChI=1S/C7H15IO/c1-6(3-4-8)7(2)5-9/h6-7,9H,3-5H2,1-2H3. The van der Waals surface area contributed by atoms with Crippen molar-refractivity contribution in [3.05, 3.63) is 0 Å². The highest BCUT2D eigenvalue weighted by Crippen LogP contribution is 2.14. The predicted octanol–water partition coefficient (Wildman–Crippen LogP) is 2.08. The van der Waals surface area contributed by atoms with Crippen molar-refractivity contribution in [1.82, 2.24) is 0 Å². The van der Waals surface area contributed by atoms with Crippen LogP contribution in [-0.4, -0.2) is 16.1 Å². The first kappa shape index (κ1) is 9.69. The molecule has 0 aromatic heterocycles. The summed E-state index contributed by atoms with van der Waals surface area (Å²) < 4.78 is 1.20. The molecule has 0 saturated carbocycles. The Balaban J connectivity index is 3.32. The van der Waals surface area contributed by atoms with Crippen LogP contribution in [0, 0.1) is 11.8 Å². The van der Waals surface area contributed by atoms with Crippen LogP contribution in [0.2, 0.25) is 0 Å². The van der Waals surface area contributed by atoms with Gasteiger partial charge in [-0.2, -0.15) is 0 Å². The maximum absolute atomic E-state index is 8.73. The summed E-state index contributed by atoms with van der Waals surface area (Å²) in [4.78, 5) is 0. The Morgan fingerprint density at radius 3 is 2.22 bits per heavy atom. The van der Waals surface area contributed by atoms with E-state index in [0.29, 0.717) is 18.4 Å². The van der Waals surface area contributed by atoms with Gasteiger partial charge in [0.25, 0.3) is 0 Å². The molecule has 0 radical (unpaired) electrons. The molecule has 0 fully saturated rings. The Morgan fingerprint density at radius 2 is 1.89 bits per heavy atom. The highest BCUT2D eigenvalue weighted by molar-refractivity contribution is 14.1. The van der Waals surface area contributed by atoms with Crippen molar-refractivity contribution >= 4 is 22.6 Å². The Morgan fingerprint density at radius 1 is 1.33 bits per heavy atom. The average molecular weight is 242 g/mol. The molecule has 56 valence electrons. The van der Waals surface area contributed by atoms with Gasteiger partial charge in [0.15, 0.2) is 0 Å². The van der Waals surface area contributed by atoms with Gasteiger partial charge in [0.2, 0.25) is 0 Å². The van der Waals surface area contributed by atoms with Crippen molar-refractivity contribution in [3.8, 4) is 0 Å². The molecule has 0 rings (SSSR count). The number of aliphatic hydroxyl groups is 1. The number of alkyl halides is 1. The van der Waals surface area contributed by atoms with Gasteiger partial charge in [0, 0.05) is 6.61 Å². The van der Waals surface area contributed by atoms with Crippen LogP contribution in [0.5, 0.6) is 0 Å². The highest BCUT2D eigenvalue weighted by Gasteiger charge is 2.08. The van der Waals surface area contributed by atoms with E-state index in [1.54, 1.807) is 0 Å². The Bertz CT molecular complexity index is 65.9. The molecule has 0 aliphatic rings. The monoisotopic (exact) mass is 242 g/mol. The number of rotatable bonds is 4. The van der Waals surface area contributed by atoms with E-state index in [4.69, 9.17) is 5.11 Å². The van der Waals surface area contributed by atoms with E-state index in [1.165, 1.54) is 10.8 Å². The largest absolute Gasteiger partial charge is 0.396 e. The van der Waals surface area contributed by atoms with Gasteiger partial charge < -0.3 is 5.11 Å². The fourth-order valence-corrected chi connectivity index (χ4v) is 1.62. The molecule has 2 heteroatoms. The van der Waals surface area contributed by atoms with Crippen LogP contribution in [0.15, 0.2) is 0 Å². The van der Waals surface area contributed by atoms with Crippen LogP contribution < -0.4 is 0 Å². The molecule has 9 heavy (non-hydrogen) atoms. The Labute approximate surface area is 71.0 Å². The second-order valence-corrected chi connectivity index (χ2v) is 3.69. The zero-order valence-electron chi connectivity index (χ0n) is 6.10. The van der Waals surface area contributed by atoms with Gasteiger partial charge >= 0.3 is 0 Å². The van der Waals surface area contributed by atoms with Crippen LogP contribution in [0.25, 0.3) is 0 Å². The molecule has 0 amide bonds. The topological polar surface area (TPSA) is 20.2 Å². The normalized spacial score (nSPS) is 17.3. The number of hydrogen-bond donors (Lipinski definition) is 1. The minimum absolute atomic E-state index is 0.331. The SMILES string of the molecule is CC(CO)C(C)CCI. The van der Waals surface area contributed by atoms with Gasteiger partial charge in [0.1, 0.15) is 0 Å². The summed E-state index contributed by atoms with van der Waals surface area (Å²) >= 11 is 2.37. The van der Waals surface area contributed by atoms with E-state index in [-0.39, 0.29) is 0 Å². The van der Waals surface area contributed by atoms with Crippen LogP contribution in [-0.2, 0) is 0 Å². The van der Waals surface area contributed by atoms with Crippen molar-refractivity contribution in [1.29, 1.82) is 0 Å². The van der Waals surface area contributed by atoms with Crippen LogP contribution in [0.3, 0.4) is 0 Å². The average Bonchev–Trinajstić information content (AvgIpc) is 1.87. The van der Waals surface area contributed by atoms with E-state index < -0.39 is 0 Å². The lowest BCUT2D eigenvalue weighted by molar-refractivity contribution is 0.194. The maximum atomic E-state index is 8.73. The van der Waals surface area contributed by atoms with Crippen molar-refractivity contribution in [3.63, 3.8) is 0 Å². The summed E-state index contributed by atoms with van der Waals surface area (Å²) in [5.41, 5.74) is 0. The van der Waals surface area contributed by atoms with Crippen LogP contribution in [0.4, 0.5) is 0 Å². The highest BCUT2D eigenvalue weighted by atomic mass is 127. The second kappa shape index (κ2) is 5.47. The molecule has 0 saturated heterocycles. The predicted molar refractivity (Wildman–Crippen MR) is 48.9 cm³/mol. The third-order valence-electron chi connectivity index (χ3n) is 1.82. The molecule has 0 heterocycles. The minimum Gasteiger partial charge on any atom is -0.396 e. The van der Waals surface area contributed by atoms with Gasteiger partial charge in [-0.05, 0) is 22.7 Å². The molecule has 0 spiro atoms. The van der Waals surface area contributed by atoms with Gasteiger partial charge in [-0.25, -0.2) is 0 Å². The number of halogens is 1. The molecule has 0 aromatic rings. The quantitative estimate of drug-likeness (QED) is 0.591. The van der Waals surface area contributed by atoms with Crippen LogP contribution >= 0.6 is 22.6 Å². The van der Waals surface area contributed by atoms with E-state index in [1.807, 2.05) is 0 Å². The van der Waals surface area contributed by atoms with Gasteiger partial charge in [0.05, 0.1) is 0 Å². The maximum Gasteiger partial charge on any atom is 0.0459 e. The first-order valence-electron chi connectivity index (χ1n) is 3.39. The molecule has 0 aliphatic heterocycles. The lowest BCUT2D eigenvalue weighted by Gasteiger charge is -2.15. The molecule has 0 aliphatic carbocycles. The molecule has 1 N–H and O–H groups in total. The minimum atomic E-state index is 0.331. The van der Waals surface area contributed by atoms with Crippen LogP contribution in [0.1, 0.15) is 20.3 Å². The summed E-state index contributed by atoms with van der Waals surface area (Å²) in [6.07, 6.45) is 1.22. The van der Waals surface area contributed by atoms with Gasteiger partial charge in [-0.15, -0.1) is 0 Å². The smallest absolute Gasteiger partial charge is 0.0459 e. The number of hydrogen-bond acceptors (Lipinski definition) is 1. The lowest BCUT2D eigenvalue weighted by Crippen LogP contribution is -2.12. The molecule has 0 aromatic carbocycles. The molecule has 1 nitrogen and oxygen atoms in total. The zero-order valence-corrected chi connectivity index (χ0v) is 8.26. The first-order valence-corrected chi connectivity index (χ1v) is 4.91. The zero-order chi connectivity index (χ0) is 7.28. The van der Waals surface area contributed by atoms with Gasteiger partial charge in [-0.1, -0.05) is 36.4 Å². The molecule has 2 atom stereocenters. The van der Waals surface area contributed by atoms with Gasteiger partial charge in [-0.3, -0.25) is 0 Å². The molecular formula is C7H15IO. The van der Waals surface area contributed by atoms with E-state index >= 15 is 0 Å². The lowest BCUT2D eigenvalue weighted by atomic mass is 9.95. The molecule has 0 bridgehead atoms. The first-order chi connectivity index (χ1) is 4.22. The van der Waals surface area contributed by atoms with Crippen molar-refractivity contribution in [2.75, 3.05) is 11.0 Å². The summed E-state index contributed by atoms with van der Waals surface area (Å²) in [5, 5.41) is 8.73. The summed E-state index contributed by atoms with van der Waals surface area (Å²) in [6, 6.07) is 0. The Hall–Kier alpha value is 0.690.